The molecule has 0 aromatic heterocycles. The van der Waals surface area contributed by atoms with Gasteiger partial charge in [-0.25, -0.2) is 0 Å². The highest BCUT2D eigenvalue weighted by Gasteiger charge is 2.56. The summed E-state index contributed by atoms with van der Waals surface area (Å²) in [5.41, 5.74) is 3.37. The molecule has 0 radical (unpaired) electrons. The van der Waals surface area contributed by atoms with E-state index in [-0.39, 0.29) is 29.2 Å². The number of likely N-dealkylation sites (N-methyl/N-ethyl adjacent to an activating group) is 1. The van der Waals surface area contributed by atoms with E-state index in [0.29, 0.717) is 79.3 Å². The van der Waals surface area contributed by atoms with E-state index in [9.17, 15) is 19.7 Å². The second-order valence-corrected chi connectivity index (χ2v) is 15.8. The van der Waals surface area contributed by atoms with Gasteiger partial charge in [-0.05, 0) is 73.7 Å². The zero-order valence-corrected chi connectivity index (χ0v) is 31.3. The molecule has 0 spiro atoms. The fourth-order valence-electron chi connectivity index (χ4n) is 8.86. The summed E-state index contributed by atoms with van der Waals surface area (Å²) < 4.78 is 11.8. The third-order valence-corrected chi connectivity index (χ3v) is 11.8. The van der Waals surface area contributed by atoms with Gasteiger partial charge in [0, 0.05) is 60.5 Å². The maximum Gasteiger partial charge on any atom is 0.270 e. The molecule has 1 heterocycles. The molecule has 1 aliphatic heterocycles. The number of carbonyl (C=O) groups is 2. The van der Waals surface area contributed by atoms with Crippen molar-refractivity contribution in [1.82, 2.24) is 20.4 Å². The number of fused-ring (bicyclic) bond motifs is 2. The number of hydrogen-bond acceptors (Lipinski definition) is 8. The van der Waals surface area contributed by atoms with E-state index >= 15 is 0 Å². The minimum atomic E-state index is -0.480. The molecule has 3 aliphatic carbocycles. The van der Waals surface area contributed by atoms with Crippen LogP contribution >= 0.6 is 0 Å². The number of ether oxygens (including phenoxy) is 2. The molecule has 3 saturated carbocycles. The molecule has 11 heteroatoms. The highest BCUT2D eigenvalue weighted by Crippen LogP contribution is 2.61. The minimum Gasteiger partial charge on any atom is -0.496 e. The maximum atomic E-state index is 13.8. The molecule has 4 fully saturated rings. The van der Waals surface area contributed by atoms with Crippen LogP contribution in [0.25, 0.3) is 11.1 Å². The zero-order valence-electron chi connectivity index (χ0n) is 31.3. The number of nitro groups is 1. The van der Waals surface area contributed by atoms with Crippen molar-refractivity contribution in [3.05, 3.63) is 93.5 Å². The molecule has 2 N–H and O–H groups in total. The number of non-ortho nitro benzene ring substituents is 1. The standard InChI is InChI=1S/C41H53N5O6/c1-26-35-21-31(41(35,2)3)22-36(26)43-40(48)37-25-52-16-15-45(37)23-28-13-10-14-34(38(28)51-6)29-18-30(20-33(19-29)46(49)50)39(47)42-32(24-44(4)5)17-27-11-8-7-9-12-27/h7-14,18-20,26,31-32,35-37H,15-17,21-25H2,1-6H3,(H,42,47)(H,43,48)/t26-,31-,32-,35+,36-,37-/m0/s1. The summed E-state index contributed by atoms with van der Waals surface area (Å²) in [6.07, 6.45) is 2.87. The van der Waals surface area contributed by atoms with E-state index in [1.54, 1.807) is 13.2 Å². The molecule has 4 aliphatic rings. The Kier molecular flexibility index (Phi) is 11.3. The summed E-state index contributed by atoms with van der Waals surface area (Å²) in [6.45, 7) is 9.38. The van der Waals surface area contributed by atoms with Crippen molar-refractivity contribution < 1.29 is 24.0 Å². The molecule has 278 valence electrons. The molecular weight excluding hydrogens is 658 g/mol. The van der Waals surface area contributed by atoms with E-state index in [2.05, 4.69) is 36.3 Å². The average Bonchev–Trinajstić information content (AvgIpc) is 3.12. The van der Waals surface area contributed by atoms with Crippen LogP contribution in [0.15, 0.2) is 66.7 Å². The molecule has 7 rings (SSSR count). The number of hydrogen-bond donors (Lipinski definition) is 2. The lowest BCUT2D eigenvalue weighted by Gasteiger charge is -2.62. The lowest BCUT2D eigenvalue weighted by molar-refractivity contribution is -0.384. The van der Waals surface area contributed by atoms with Gasteiger partial charge in [-0.15, -0.1) is 0 Å². The van der Waals surface area contributed by atoms with E-state index in [1.165, 1.54) is 18.6 Å². The van der Waals surface area contributed by atoms with Crippen molar-refractivity contribution in [3.63, 3.8) is 0 Å². The number of nitrogens with one attached hydrogen (secondary N) is 2. The van der Waals surface area contributed by atoms with Crippen molar-refractivity contribution in [2.75, 3.05) is 47.5 Å². The molecule has 52 heavy (non-hydrogen) atoms. The summed E-state index contributed by atoms with van der Waals surface area (Å²) in [6, 6.07) is 19.5. The van der Waals surface area contributed by atoms with E-state index < -0.39 is 16.9 Å². The normalized spacial score (nSPS) is 24.4. The molecule has 2 amide bonds. The van der Waals surface area contributed by atoms with Crippen LogP contribution in [0.4, 0.5) is 5.69 Å². The summed E-state index contributed by atoms with van der Waals surface area (Å²) in [7, 11) is 5.46. The second-order valence-electron chi connectivity index (χ2n) is 15.8. The highest BCUT2D eigenvalue weighted by molar-refractivity contribution is 5.97. The number of morpholine rings is 1. The molecule has 3 aromatic rings. The SMILES string of the molecule is COc1c(CN2CCOC[C@H]2C(=O)N[C@H]2C[C@@H]3C[C@H]([C@@H]2C)C3(C)C)cccc1-c1cc(C(=O)N[C@@H](Cc2ccccc2)CN(C)C)cc([N+](=O)[O-])c1. The van der Waals surface area contributed by atoms with Crippen LogP contribution in [0.1, 0.15) is 55.1 Å². The Morgan fingerprint density at radius 1 is 1.10 bits per heavy atom. The van der Waals surface area contributed by atoms with Crippen molar-refractivity contribution in [2.24, 2.45) is 23.2 Å². The van der Waals surface area contributed by atoms with Gasteiger partial charge in [-0.3, -0.25) is 24.6 Å². The first-order valence-electron chi connectivity index (χ1n) is 18.4. The van der Waals surface area contributed by atoms with Crippen LogP contribution in [0.3, 0.4) is 0 Å². The summed E-state index contributed by atoms with van der Waals surface area (Å²) in [5, 5.41) is 18.7. The van der Waals surface area contributed by atoms with Gasteiger partial charge in [0.25, 0.3) is 11.6 Å². The average molecular weight is 712 g/mol. The van der Waals surface area contributed by atoms with Crippen LogP contribution in [0, 0.1) is 33.3 Å². The first-order chi connectivity index (χ1) is 24.8. The van der Waals surface area contributed by atoms with E-state index in [0.717, 1.165) is 17.5 Å². The predicted molar refractivity (Wildman–Crippen MR) is 201 cm³/mol. The number of methoxy groups -OCH3 is 1. The van der Waals surface area contributed by atoms with Crippen LogP contribution in [-0.4, -0.2) is 92.2 Å². The lowest BCUT2D eigenvalue weighted by Crippen LogP contribution is -2.63. The Bertz CT molecular complexity index is 1760. The second kappa shape index (κ2) is 15.7. The molecule has 3 aromatic carbocycles. The van der Waals surface area contributed by atoms with Gasteiger partial charge in [-0.2, -0.15) is 0 Å². The van der Waals surface area contributed by atoms with Crippen LogP contribution in [0.5, 0.6) is 5.75 Å². The number of amides is 2. The number of nitro benzene ring substituents is 1. The Labute approximate surface area is 307 Å². The van der Waals surface area contributed by atoms with Crippen LogP contribution < -0.4 is 15.4 Å². The van der Waals surface area contributed by atoms with Crippen molar-refractivity contribution in [2.45, 2.75) is 64.7 Å². The molecular formula is C41H53N5O6. The maximum absolute atomic E-state index is 13.8. The van der Waals surface area contributed by atoms with Gasteiger partial charge in [0.15, 0.2) is 0 Å². The molecule has 6 atom stereocenters. The minimum absolute atomic E-state index is 0.0139. The number of para-hydroxylation sites is 1. The Balaban J connectivity index is 1.23. The summed E-state index contributed by atoms with van der Waals surface area (Å²) in [4.78, 5) is 43.4. The first-order valence-corrected chi connectivity index (χ1v) is 18.4. The molecule has 1 saturated heterocycles. The Hall–Kier alpha value is -4.32. The van der Waals surface area contributed by atoms with Crippen molar-refractivity contribution in [3.8, 4) is 16.9 Å². The van der Waals surface area contributed by atoms with Crippen LogP contribution in [0.2, 0.25) is 0 Å². The summed E-state index contributed by atoms with van der Waals surface area (Å²) >= 11 is 0. The Morgan fingerprint density at radius 3 is 2.54 bits per heavy atom. The molecule has 2 bridgehead atoms. The molecule has 11 nitrogen and oxygen atoms in total. The number of rotatable bonds is 13. The van der Waals surface area contributed by atoms with Gasteiger partial charge in [-0.1, -0.05) is 69.3 Å². The number of nitrogens with zero attached hydrogens (tertiary/aromatic N) is 3. The fraction of sp³-hybridized carbons (Fsp3) is 0.512. The highest BCUT2D eigenvalue weighted by atomic mass is 16.6. The predicted octanol–water partition coefficient (Wildman–Crippen LogP) is 5.56. The fourth-order valence-corrected chi connectivity index (χ4v) is 8.86. The third kappa shape index (κ3) is 8.01. The van der Waals surface area contributed by atoms with Gasteiger partial charge < -0.3 is 25.0 Å². The van der Waals surface area contributed by atoms with Gasteiger partial charge in [0.1, 0.15) is 11.8 Å². The lowest BCUT2D eigenvalue weighted by atomic mass is 9.45. The van der Waals surface area contributed by atoms with Gasteiger partial charge in [0.05, 0.1) is 25.2 Å². The Morgan fingerprint density at radius 2 is 1.87 bits per heavy atom. The largest absolute Gasteiger partial charge is 0.496 e. The van der Waals surface area contributed by atoms with Crippen molar-refractivity contribution in [1.29, 1.82) is 0 Å². The van der Waals surface area contributed by atoms with E-state index in [4.69, 9.17) is 9.47 Å². The monoisotopic (exact) mass is 711 g/mol. The molecule has 0 unspecified atom stereocenters. The number of benzene rings is 3. The summed E-state index contributed by atoms with van der Waals surface area (Å²) in [5.74, 6) is 1.81. The van der Waals surface area contributed by atoms with Crippen molar-refractivity contribution >= 4 is 17.5 Å². The van der Waals surface area contributed by atoms with Gasteiger partial charge >= 0.3 is 0 Å². The topological polar surface area (TPSA) is 126 Å². The van der Waals surface area contributed by atoms with Crippen LogP contribution in [-0.2, 0) is 22.5 Å². The zero-order chi connectivity index (χ0) is 37.2. The van der Waals surface area contributed by atoms with Gasteiger partial charge in [0.2, 0.25) is 5.91 Å². The first kappa shape index (κ1) is 37.4. The smallest absolute Gasteiger partial charge is 0.270 e. The quantitative estimate of drug-likeness (QED) is 0.175. The van der Waals surface area contributed by atoms with E-state index in [1.807, 2.05) is 67.5 Å². The number of carbonyl (C=O) groups excluding carboxylic acids is 2. The third-order valence-electron chi connectivity index (χ3n) is 11.8.